The van der Waals surface area contributed by atoms with E-state index in [1.54, 1.807) is 44.8 Å². The number of hydrogen-bond acceptors (Lipinski definition) is 4. The lowest BCUT2D eigenvalue weighted by molar-refractivity contribution is 0.102. The molecular formula is C23H18FN7O. The highest BCUT2D eigenvalue weighted by atomic mass is 19.1. The lowest BCUT2D eigenvalue weighted by Gasteiger charge is -2.10. The molecule has 5 aromatic rings. The van der Waals surface area contributed by atoms with Crippen LogP contribution in [0.25, 0.3) is 11.5 Å². The Morgan fingerprint density at radius 1 is 0.969 bits per heavy atom. The van der Waals surface area contributed by atoms with Gasteiger partial charge in [0.1, 0.15) is 17.7 Å². The molecule has 0 aliphatic heterocycles. The molecule has 1 amide bonds. The number of benzene rings is 2. The smallest absolute Gasteiger partial charge is 0.263 e. The normalized spacial score (nSPS) is 10.9. The highest BCUT2D eigenvalue weighted by molar-refractivity contribution is 6.05. The summed E-state index contributed by atoms with van der Waals surface area (Å²) in [5.41, 5.74) is 2.02. The van der Waals surface area contributed by atoms with E-state index < -0.39 is 5.91 Å². The van der Waals surface area contributed by atoms with Gasteiger partial charge in [-0.15, -0.1) is 5.10 Å². The van der Waals surface area contributed by atoms with Gasteiger partial charge in [-0.2, -0.15) is 5.10 Å². The Hall–Kier alpha value is -4.53. The molecule has 3 heterocycles. The number of carbonyl (C=O) groups is 1. The first-order valence-electron chi connectivity index (χ1n) is 9.89. The van der Waals surface area contributed by atoms with Crippen LogP contribution in [0.4, 0.5) is 10.3 Å². The van der Waals surface area contributed by atoms with Crippen molar-refractivity contribution in [3.8, 4) is 11.5 Å². The molecule has 32 heavy (non-hydrogen) atoms. The highest BCUT2D eigenvalue weighted by Crippen LogP contribution is 2.21. The molecule has 5 rings (SSSR count). The lowest BCUT2D eigenvalue weighted by atomic mass is 10.2. The number of aromatic nitrogens is 6. The topological polar surface area (TPSA) is 82.6 Å². The van der Waals surface area contributed by atoms with E-state index in [-0.39, 0.29) is 11.8 Å². The molecule has 0 aliphatic rings. The highest BCUT2D eigenvalue weighted by Gasteiger charge is 2.21. The quantitative estimate of drug-likeness (QED) is 0.448. The van der Waals surface area contributed by atoms with Gasteiger partial charge in [-0.1, -0.05) is 30.3 Å². The van der Waals surface area contributed by atoms with E-state index in [1.807, 2.05) is 42.5 Å². The third kappa shape index (κ3) is 3.91. The van der Waals surface area contributed by atoms with E-state index in [0.29, 0.717) is 23.6 Å². The van der Waals surface area contributed by atoms with E-state index >= 15 is 0 Å². The third-order valence-corrected chi connectivity index (χ3v) is 4.86. The number of carbonyl (C=O) groups excluding carboxylic acids is 1. The zero-order valence-corrected chi connectivity index (χ0v) is 16.8. The van der Waals surface area contributed by atoms with Crippen molar-refractivity contribution in [2.24, 2.45) is 0 Å². The van der Waals surface area contributed by atoms with Crippen molar-refractivity contribution in [2.45, 2.75) is 6.54 Å². The largest absolute Gasteiger partial charge is 0.308 e. The Balaban J connectivity index is 1.42. The van der Waals surface area contributed by atoms with Crippen molar-refractivity contribution in [3.63, 3.8) is 0 Å². The van der Waals surface area contributed by atoms with Crippen LogP contribution in [0.3, 0.4) is 0 Å². The summed E-state index contributed by atoms with van der Waals surface area (Å²) in [5, 5.41) is 11.4. The van der Waals surface area contributed by atoms with Crippen LogP contribution in [-0.4, -0.2) is 35.0 Å². The molecule has 0 unspecified atom stereocenters. The molecule has 0 spiro atoms. The second-order valence-electron chi connectivity index (χ2n) is 7.07. The van der Waals surface area contributed by atoms with Gasteiger partial charge in [-0.05, 0) is 42.0 Å². The fraction of sp³-hybridized carbons (Fsp3) is 0.0435. The predicted octanol–water partition coefficient (Wildman–Crippen LogP) is 3.69. The van der Waals surface area contributed by atoms with E-state index in [9.17, 15) is 9.18 Å². The molecular weight excluding hydrogens is 409 g/mol. The fourth-order valence-electron chi connectivity index (χ4n) is 3.37. The molecule has 1 N–H and O–H groups in total. The van der Waals surface area contributed by atoms with E-state index in [4.69, 9.17) is 0 Å². The van der Waals surface area contributed by atoms with Crippen molar-refractivity contribution in [1.82, 2.24) is 29.1 Å². The van der Waals surface area contributed by atoms with Crippen LogP contribution in [0.1, 0.15) is 15.9 Å². The van der Waals surface area contributed by atoms with Crippen molar-refractivity contribution in [2.75, 3.05) is 5.32 Å². The van der Waals surface area contributed by atoms with Gasteiger partial charge >= 0.3 is 0 Å². The Bertz CT molecular complexity index is 1340. The first kappa shape index (κ1) is 19.4. The van der Waals surface area contributed by atoms with Crippen LogP contribution in [-0.2, 0) is 6.54 Å². The predicted molar refractivity (Wildman–Crippen MR) is 116 cm³/mol. The van der Waals surface area contributed by atoms with Crippen LogP contribution >= 0.6 is 0 Å². The molecule has 0 saturated carbocycles. The van der Waals surface area contributed by atoms with Gasteiger partial charge < -0.3 is 4.57 Å². The number of nitrogens with zero attached hydrogens (tertiary/aromatic N) is 6. The van der Waals surface area contributed by atoms with Crippen LogP contribution in [0.15, 0.2) is 91.6 Å². The summed E-state index contributed by atoms with van der Waals surface area (Å²) < 4.78 is 18.4. The Kier molecular flexibility index (Phi) is 5.04. The number of nitrogens with one attached hydrogen (secondary N) is 1. The van der Waals surface area contributed by atoms with Crippen LogP contribution in [0.2, 0.25) is 0 Å². The molecule has 0 bridgehead atoms. The second-order valence-corrected chi connectivity index (χ2v) is 7.07. The molecule has 0 saturated heterocycles. The monoisotopic (exact) mass is 427 g/mol. The van der Waals surface area contributed by atoms with Gasteiger partial charge in [0.05, 0.1) is 18.4 Å². The van der Waals surface area contributed by atoms with E-state index in [1.165, 1.54) is 18.3 Å². The van der Waals surface area contributed by atoms with Gasteiger partial charge in [-0.3, -0.25) is 10.1 Å². The Morgan fingerprint density at radius 3 is 2.47 bits per heavy atom. The van der Waals surface area contributed by atoms with E-state index in [0.717, 1.165) is 5.56 Å². The summed E-state index contributed by atoms with van der Waals surface area (Å²) in [6, 6.07) is 19.4. The summed E-state index contributed by atoms with van der Waals surface area (Å²) >= 11 is 0. The standard InChI is InChI=1S/C23H18FN7O/c24-18-8-10-19(11-9-18)31-22(29-12-4-5-13-29)20(14-26-31)21(32)27-23-25-16-30(28-23)15-17-6-2-1-3-7-17/h1-14,16H,15H2,(H,27,28,32). The average Bonchev–Trinajstić information content (AvgIpc) is 3.56. The van der Waals surface area contributed by atoms with Gasteiger partial charge in [0.2, 0.25) is 5.95 Å². The van der Waals surface area contributed by atoms with Crippen molar-refractivity contribution < 1.29 is 9.18 Å². The molecule has 2 aromatic carbocycles. The molecule has 8 nitrogen and oxygen atoms in total. The maximum absolute atomic E-state index is 13.4. The number of rotatable bonds is 6. The van der Waals surface area contributed by atoms with Crippen LogP contribution in [0.5, 0.6) is 0 Å². The first-order valence-corrected chi connectivity index (χ1v) is 9.89. The lowest BCUT2D eigenvalue weighted by Crippen LogP contribution is -2.16. The molecule has 158 valence electrons. The van der Waals surface area contributed by atoms with Gasteiger partial charge in [0.15, 0.2) is 5.82 Å². The Morgan fingerprint density at radius 2 is 1.72 bits per heavy atom. The van der Waals surface area contributed by atoms with Gasteiger partial charge in [0, 0.05) is 12.4 Å². The summed E-state index contributed by atoms with van der Waals surface area (Å²) in [5.74, 6) is -0.0418. The second kappa shape index (κ2) is 8.31. The van der Waals surface area contributed by atoms with Gasteiger partial charge in [0.25, 0.3) is 5.91 Å². The summed E-state index contributed by atoms with van der Waals surface area (Å²) in [4.78, 5) is 17.3. The number of hydrogen-bond donors (Lipinski definition) is 1. The van der Waals surface area contributed by atoms with Crippen LogP contribution in [0, 0.1) is 5.82 Å². The first-order chi connectivity index (χ1) is 15.7. The SMILES string of the molecule is O=C(Nc1ncn(Cc2ccccc2)n1)c1cnn(-c2ccc(F)cc2)c1-n1cccc1. The third-order valence-electron chi connectivity index (χ3n) is 4.86. The molecule has 0 radical (unpaired) electrons. The molecule has 0 aliphatic carbocycles. The zero-order valence-electron chi connectivity index (χ0n) is 16.8. The van der Waals surface area contributed by atoms with Crippen LogP contribution < -0.4 is 5.32 Å². The number of halogens is 1. The summed E-state index contributed by atoms with van der Waals surface area (Å²) in [7, 11) is 0. The van der Waals surface area contributed by atoms with Crippen molar-refractivity contribution in [1.29, 1.82) is 0 Å². The molecule has 9 heteroatoms. The fourth-order valence-corrected chi connectivity index (χ4v) is 3.37. The van der Waals surface area contributed by atoms with Crippen molar-refractivity contribution in [3.05, 3.63) is 109 Å². The number of amides is 1. The maximum atomic E-state index is 13.4. The Labute approximate surface area is 182 Å². The average molecular weight is 427 g/mol. The minimum Gasteiger partial charge on any atom is -0.308 e. The minimum absolute atomic E-state index is 0.193. The summed E-state index contributed by atoms with van der Waals surface area (Å²) in [6.45, 7) is 0.542. The van der Waals surface area contributed by atoms with Gasteiger partial charge in [-0.25, -0.2) is 18.7 Å². The number of anilines is 1. The molecule has 0 fully saturated rings. The van der Waals surface area contributed by atoms with Crippen molar-refractivity contribution >= 4 is 11.9 Å². The molecule has 3 aromatic heterocycles. The van der Waals surface area contributed by atoms with E-state index in [2.05, 4.69) is 20.5 Å². The summed E-state index contributed by atoms with van der Waals surface area (Å²) in [6.07, 6.45) is 6.65. The molecule has 0 atom stereocenters. The maximum Gasteiger partial charge on any atom is 0.263 e. The minimum atomic E-state index is -0.403. The zero-order chi connectivity index (χ0) is 21.9.